The lowest BCUT2D eigenvalue weighted by atomic mass is 10.0. The summed E-state index contributed by atoms with van der Waals surface area (Å²) in [4.78, 5) is 0. The van der Waals surface area contributed by atoms with Gasteiger partial charge in [-0.25, -0.2) is 4.68 Å². The summed E-state index contributed by atoms with van der Waals surface area (Å²) in [6.45, 7) is 9.76. The first kappa shape index (κ1) is 17.6. The van der Waals surface area contributed by atoms with Crippen LogP contribution in [0.1, 0.15) is 27.9 Å². The molecule has 0 fully saturated rings. The van der Waals surface area contributed by atoms with Crippen molar-refractivity contribution in [1.29, 1.82) is 0 Å². The van der Waals surface area contributed by atoms with Crippen molar-refractivity contribution in [2.45, 2.75) is 33.9 Å². The van der Waals surface area contributed by atoms with Crippen molar-refractivity contribution in [2.75, 3.05) is 26.4 Å². The normalized spacial score (nSPS) is 11.1. The highest BCUT2D eigenvalue weighted by molar-refractivity contribution is 5.36. The van der Waals surface area contributed by atoms with E-state index in [0.717, 1.165) is 5.69 Å². The van der Waals surface area contributed by atoms with Gasteiger partial charge in [0.1, 0.15) is 5.69 Å². The van der Waals surface area contributed by atoms with E-state index in [2.05, 4.69) is 43.2 Å². The van der Waals surface area contributed by atoms with Crippen LogP contribution in [0.4, 0.5) is 0 Å². The SMILES string of the molecule is Cc1cc(Cn2cc(COCCOCCN)nn2)cc(C)c1C. The predicted octanol–water partition coefficient (Wildman–Crippen LogP) is 1.74. The van der Waals surface area contributed by atoms with Gasteiger partial charge in [-0.15, -0.1) is 5.10 Å². The van der Waals surface area contributed by atoms with E-state index >= 15 is 0 Å². The molecule has 2 N–H and O–H groups in total. The number of ether oxygens (including phenoxy) is 2. The molecule has 0 atom stereocenters. The Hall–Kier alpha value is -1.76. The van der Waals surface area contributed by atoms with Gasteiger partial charge in [0, 0.05) is 6.54 Å². The molecule has 1 heterocycles. The van der Waals surface area contributed by atoms with E-state index in [9.17, 15) is 0 Å². The van der Waals surface area contributed by atoms with Crippen molar-refractivity contribution in [3.05, 3.63) is 46.3 Å². The van der Waals surface area contributed by atoms with Crippen molar-refractivity contribution in [2.24, 2.45) is 5.73 Å². The summed E-state index contributed by atoms with van der Waals surface area (Å²) in [6, 6.07) is 4.41. The summed E-state index contributed by atoms with van der Waals surface area (Å²) in [5.41, 5.74) is 11.4. The van der Waals surface area contributed by atoms with E-state index in [0.29, 0.717) is 39.5 Å². The Balaban J connectivity index is 1.83. The molecule has 0 radical (unpaired) electrons. The number of nitrogens with two attached hydrogens (primary N) is 1. The van der Waals surface area contributed by atoms with E-state index in [4.69, 9.17) is 15.2 Å². The molecule has 0 saturated heterocycles. The Morgan fingerprint density at radius 1 is 1.04 bits per heavy atom. The van der Waals surface area contributed by atoms with E-state index in [1.54, 1.807) is 0 Å². The second-order valence-electron chi connectivity index (χ2n) is 5.72. The number of hydrogen-bond acceptors (Lipinski definition) is 5. The molecular weight excluding hydrogens is 292 g/mol. The van der Waals surface area contributed by atoms with Crippen LogP contribution in [0.2, 0.25) is 0 Å². The number of rotatable bonds is 9. The van der Waals surface area contributed by atoms with Crippen LogP contribution in [0.3, 0.4) is 0 Å². The highest BCUT2D eigenvalue weighted by Gasteiger charge is 2.05. The summed E-state index contributed by atoms with van der Waals surface area (Å²) in [7, 11) is 0. The average molecular weight is 318 g/mol. The molecule has 23 heavy (non-hydrogen) atoms. The van der Waals surface area contributed by atoms with E-state index in [-0.39, 0.29) is 0 Å². The minimum Gasteiger partial charge on any atom is -0.378 e. The van der Waals surface area contributed by atoms with Gasteiger partial charge < -0.3 is 15.2 Å². The number of benzene rings is 1. The first-order valence-electron chi connectivity index (χ1n) is 7.91. The Bertz CT molecular complexity index is 602. The molecule has 126 valence electrons. The fraction of sp³-hybridized carbons (Fsp3) is 0.529. The fourth-order valence-electron chi connectivity index (χ4n) is 2.37. The average Bonchev–Trinajstić information content (AvgIpc) is 2.95. The molecular formula is C17H26N4O2. The molecule has 0 aliphatic carbocycles. The third kappa shape index (κ3) is 5.42. The standard InChI is InChI=1S/C17H26N4O2/c1-13-8-16(9-14(2)15(13)3)10-21-11-17(19-20-21)12-23-7-6-22-5-4-18/h8-9,11H,4-7,10,12,18H2,1-3H3. The van der Waals surface area contributed by atoms with Crippen molar-refractivity contribution < 1.29 is 9.47 Å². The zero-order valence-electron chi connectivity index (χ0n) is 14.2. The summed E-state index contributed by atoms with van der Waals surface area (Å²) < 4.78 is 12.6. The summed E-state index contributed by atoms with van der Waals surface area (Å²) >= 11 is 0. The number of aromatic nitrogens is 3. The second kappa shape index (κ2) is 8.76. The van der Waals surface area contributed by atoms with Gasteiger partial charge in [-0.05, 0) is 43.0 Å². The molecule has 0 unspecified atom stereocenters. The Labute approximate surface area is 137 Å². The molecule has 0 amide bonds. The number of nitrogens with zero attached hydrogens (tertiary/aromatic N) is 3. The van der Waals surface area contributed by atoms with Crippen LogP contribution >= 0.6 is 0 Å². The molecule has 2 rings (SSSR count). The molecule has 0 aliphatic heterocycles. The third-order valence-electron chi connectivity index (χ3n) is 3.80. The lowest BCUT2D eigenvalue weighted by Crippen LogP contribution is -2.12. The minimum atomic E-state index is 0.442. The summed E-state index contributed by atoms with van der Waals surface area (Å²) in [5, 5.41) is 8.30. The molecule has 6 nitrogen and oxygen atoms in total. The smallest absolute Gasteiger partial charge is 0.108 e. The first-order chi connectivity index (χ1) is 11.1. The lowest BCUT2D eigenvalue weighted by molar-refractivity contribution is 0.0422. The van der Waals surface area contributed by atoms with Gasteiger partial charge in [-0.2, -0.15) is 0 Å². The van der Waals surface area contributed by atoms with Gasteiger partial charge in [0.2, 0.25) is 0 Å². The van der Waals surface area contributed by atoms with Crippen LogP contribution in [0.15, 0.2) is 18.3 Å². The zero-order chi connectivity index (χ0) is 16.7. The Morgan fingerprint density at radius 3 is 2.43 bits per heavy atom. The maximum absolute atomic E-state index is 5.50. The van der Waals surface area contributed by atoms with E-state index < -0.39 is 0 Å². The summed E-state index contributed by atoms with van der Waals surface area (Å²) in [5.74, 6) is 0. The van der Waals surface area contributed by atoms with Crippen molar-refractivity contribution in [3.63, 3.8) is 0 Å². The quantitative estimate of drug-likeness (QED) is 0.713. The van der Waals surface area contributed by atoms with Crippen LogP contribution in [-0.2, 0) is 22.6 Å². The van der Waals surface area contributed by atoms with Gasteiger partial charge in [-0.1, -0.05) is 17.3 Å². The topological polar surface area (TPSA) is 75.2 Å². The number of hydrogen-bond donors (Lipinski definition) is 1. The molecule has 0 bridgehead atoms. The molecule has 2 aromatic rings. The van der Waals surface area contributed by atoms with Gasteiger partial charge in [0.05, 0.1) is 39.2 Å². The highest BCUT2D eigenvalue weighted by atomic mass is 16.5. The van der Waals surface area contributed by atoms with E-state index in [1.807, 2.05) is 10.9 Å². The fourth-order valence-corrected chi connectivity index (χ4v) is 2.37. The van der Waals surface area contributed by atoms with Crippen LogP contribution in [0, 0.1) is 20.8 Å². The molecule has 1 aromatic heterocycles. The van der Waals surface area contributed by atoms with Crippen LogP contribution in [0.25, 0.3) is 0 Å². The molecule has 1 aromatic carbocycles. The molecule has 0 aliphatic rings. The van der Waals surface area contributed by atoms with E-state index in [1.165, 1.54) is 22.3 Å². The summed E-state index contributed by atoms with van der Waals surface area (Å²) in [6.07, 6.45) is 1.92. The first-order valence-corrected chi connectivity index (χ1v) is 7.91. The molecule has 6 heteroatoms. The van der Waals surface area contributed by atoms with Gasteiger partial charge in [0.15, 0.2) is 0 Å². The van der Waals surface area contributed by atoms with Crippen LogP contribution in [0.5, 0.6) is 0 Å². The maximum Gasteiger partial charge on any atom is 0.108 e. The Kier molecular flexibility index (Phi) is 6.70. The largest absolute Gasteiger partial charge is 0.378 e. The van der Waals surface area contributed by atoms with Crippen LogP contribution < -0.4 is 5.73 Å². The molecule has 0 spiro atoms. The van der Waals surface area contributed by atoms with Crippen LogP contribution in [-0.4, -0.2) is 41.4 Å². The minimum absolute atomic E-state index is 0.442. The lowest BCUT2D eigenvalue weighted by Gasteiger charge is -2.08. The molecule has 0 saturated carbocycles. The third-order valence-corrected chi connectivity index (χ3v) is 3.80. The Morgan fingerprint density at radius 2 is 1.74 bits per heavy atom. The predicted molar refractivity (Wildman–Crippen MR) is 89.3 cm³/mol. The maximum atomic E-state index is 5.50. The second-order valence-corrected chi connectivity index (χ2v) is 5.72. The van der Waals surface area contributed by atoms with Crippen molar-refractivity contribution in [1.82, 2.24) is 15.0 Å². The van der Waals surface area contributed by atoms with Gasteiger partial charge >= 0.3 is 0 Å². The van der Waals surface area contributed by atoms with Crippen molar-refractivity contribution in [3.8, 4) is 0 Å². The number of aryl methyl sites for hydroxylation is 2. The monoisotopic (exact) mass is 318 g/mol. The van der Waals surface area contributed by atoms with Crippen molar-refractivity contribution >= 4 is 0 Å². The van der Waals surface area contributed by atoms with Gasteiger partial charge in [0.25, 0.3) is 0 Å². The van der Waals surface area contributed by atoms with Gasteiger partial charge in [-0.3, -0.25) is 0 Å². The zero-order valence-corrected chi connectivity index (χ0v) is 14.2. The highest BCUT2D eigenvalue weighted by Crippen LogP contribution is 2.16.